The topological polar surface area (TPSA) is 41.1 Å². The van der Waals surface area contributed by atoms with Crippen molar-refractivity contribution in [2.75, 3.05) is 11.9 Å². The summed E-state index contributed by atoms with van der Waals surface area (Å²) in [6, 6.07) is 7.74. The summed E-state index contributed by atoms with van der Waals surface area (Å²) in [7, 11) is 0. The van der Waals surface area contributed by atoms with E-state index in [1.807, 2.05) is 18.2 Å². The maximum atomic E-state index is 11.9. The largest absolute Gasteiger partial charge is 0.324 e. The molecular weight excluding hydrogens is 272 g/mol. The summed E-state index contributed by atoms with van der Waals surface area (Å²) in [6.07, 6.45) is 3.61. The minimum absolute atomic E-state index is 0.0380. The highest BCUT2D eigenvalue weighted by molar-refractivity contribution is 6.33. The Balaban J connectivity index is 1.79. The average Bonchev–Trinajstić information content (AvgIpc) is 2.38. The van der Waals surface area contributed by atoms with Crippen molar-refractivity contribution in [3.63, 3.8) is 0 Å². The standard InChI is InChI=1S/C16H23ClN2O/c1-11-7-12(2)9-13(8-11)18-10-16(20)19-15-6-4-3-5-14(15)17/h3-6,11-13,18H,7-10H2,1-2H3,(H,19,20). The first-order valence-electron chi connectivity index (χ1n) is 7.32. The van der Waals surface area contributed by atoms with Gasteiger partial charge in [-0.25, -0.2) is 0 Å². The lowest BCUT2D eigenvalue weighted by Gasteiger charge is -2.31. The third-order valence-electron chi connectivity index (χ3n) is 3.88. The molecule has 1 fully saturated rings. The van der Waals surface area contributed by atoms with Gasteiger partial charge in [0.05, 0.1) is 17.3 Å². The van der Waals surface area contributed by atoms with Crippen LogP contribution in [0.15, 0.2) is 24.3 Å². The van der Waals surface area contributed by atoms with Crippen LogP contribution in [0.25, 0.3) is 0 Å². The Bertz CT molecular complexity index is 454. The van der Waals surface area contributed by atoms with Gasteiger partial charge in [0.15, 0.2) is 0 Å². The summed E-state index contributed by atoms with van der Waals surface area (Å²) in [6.45, 7) is 4.91. The average molecular weight is 295 g/mol. The lowest BCUT2D eigenvalue weighted by atomic mass is 9.80. The molecule has 1 aliphatic rings. The van der Waals surface area contributed by atoms with Gasteiger partial charge in [-0.05, 0) is 43.2 Å². The third kappa shape index (κ3) is 4.50. The summed E-state index contributed by atoms with van der Waals surface area (Å²) < 4.78 is 0. The summed E-state index contributed by atoms with van der Waals surface area (Å²) in [5, 5.41) is 6.78. The maximum Gasteiger partial charge on any atom is 0.238 e. The molecule has 2 atom stereocenters. The highest BCUT2D eigenvalue weighted by atomic mass is 35.5. The van der Waals surface area contributed by atoms with E-state index in [9.17, 15) is 4.79 Å². The van der Waals surface area contributed by atoms with Crippen molar-refractivity contribution in [2.45, 2.75) is 39.2 Å². The van der Waals surface area contributed by atoms with E-state index >= 15 is 0 Å². The zero-order chi connectivity index (χ0) is 14.5. The number of rotatable bonds is 4. The predicted molar refractivity (Wildman–Crippen MR) is 84.1 cm³/mol. The molecule has 0 saturated heterocycles. The Hall–Kier alpha value is -1.06. The number of hydrogen-bond acceptors (Lipinski definition) is 2. The quantitative estimate of drug-likeness (QED) is 0.889. The fourth-order valence-corrected chi connectivity index (χ4v) is 3.29. The molecule has 2 unspecified atom stereocenters. The third-order valence-corrected chi connectivity index (χ3v) is 4.21. The van der Waals surface area contributed by atoms with Gasteiger partial charge in [-0.15, -0.1) is 0 Å². The molecule has 2 rings (SSSR count). The lowest BCUT2D eigenvalue weighted by Crippen LogP contribution is -2.40. The molecule has 1 aliphatic carbocycles. The molecule has 1 aromatic carbocycles. The zero-order valence-corrected chi connectivity index (χ0v) is 12.9. The summed E-state index contributed by atoms with van der Waals surface area (Å²) >= 11 is 6.02. The highest BCUT2D eigenvalue weighted by Gasteiger charge is 2.23. The Morgan fingerprint density at radius 2 is 1.85 bits per heavy atom. The van der Waals surface area contributed by atoms with Gasteiger partial charge in [-0.3, -0.25) is 4.79 Å². The van der Waals surface area contributed by atoms with Crippen LogP contribution in [0.2, 0.25) is 5.02 Å². The number of hydrogen-bond donors (Lipinski definition) is 2. The Morgan fingerprint density at radius 3 is 2.50 bits per heavy atom. The summed E-state index contributed by atoms with van der Waals surface area (Å²) in [4.78, 5) is 11.9. The van der Waals surface area contributed by atoms with Crippen molar-refractivity contribution in [2.24, 2.45) is 11.8 Å². The van der Waals surface area contributed by atoms with Crippen LogP contribution in [0.3, 0.4) is 0 Å². The van der Waals surface area contributed by atoms with Crippen LogP contribution in [-0.2, 0) is 4.79 Å². The van der Waals surface area contributed by atoms with E-state index in [1.165, 1.54) is 6.42 Å². The molecule has 110 valence electrons. The molecule has 0 radical (unpaired) electrons. The number of anilines is 1. The van der Waals surface area contributed by atoms with Crippen molar-refractivity contribution in [3.8, 4) is 0 Å². The van der Waals surface area contributed by atoms with Crippen LogP contribution in [0, 0.1) is 11.8 Å². The second-order valence-corrected chi connectivity index (χ2v) is 6.43. The number of carbonyl (C=O) groups excluding carboxylic acids is 1. The number of amides is 1. The number of benzene rings is 1. The number of para-hydroxylation sites is 1. The first-order valence-corrected chi connectivity index (χ1v) is 7.70. The van der Waals surface area contributed by atoms with Crippen molar-refractivity contribution >= 4 is 23.2 Å². The number of nitrogens with one attached hydrogen (secondary N) is 2. The van der Waals surface area contributed by atoms with Gasteiger partial charge in [0.25, 0.3) is 0 Å². The minimum atomic E-state index is -0.0380. The summed E-state index contributed by atoms with van der Waals surface area (Å²) in [5.41, 5.74) is 0.673. The van der Waals surface area contributed by atoms with Gasteiger partial charge >= 0.3 is 0 Å². The van der Waals surface area contributed by atoms with E-state index in [4.69, 9.17) is 11.6 Å². The molecule has 0 aromatic heterocycles. The fraction of sp³-hybridized carbons (Fsp3) is 0.562. The molecule has 20 heavy (non-hydrogen) atoms. The minimum Gasteiger partial charge on any atom is -0.324 e. The van der Waals surface area contributed by atoms with Gasteiger partial charge in [-0.1, -0.05) is 37.6 Å². The predicted octanol–water partition coefficient (Wildman–Crippen LogP) is 3.69. The molecule has 2 N–H and O–H groups in total. The van der Waals surface area contributed by atoms with Crippen LogP contribution in [0.1, 0.15) is 33.1 Å². The van der Waals surface area contributed by atoms with Crippen molar-refractivity contribution in [1.82, 2.24) is 5.32 Å². The van der Waals surface area contributed by atoms with Gasteiger partial charge in [0, 0.05) is 6.04 Å². The van der Waals surface area contributed by atoms with Crippen LogP contribution >= 0.6 is 11.6 Å². The fourth-order valence-electron chi connectivity index (χ4n) is 3.11. The molecule has 1 amide bonds. The highest BCUT2D eigenvalue weighted by Crippen LogP contribution is 2.28. The van der Waals surface area contributed by atoms with E-state index in [1.54, 1.807) is 6.07 Å². The molecule has 3 nitrogen and oxygen atoms in total. The van der Waals surface area contributed by atoms with Crippen LogP contribution < -0.4 is 10.6 Å². The van der Waals surface area contributed by atoms with E-state index in [-0.39, 0.29) is 5.91 Å². The van der Waals surface area contributed by atoms with E-state index in [0.717, 1.165) is 24.7 Å². The van der Waals surface area contributed by atoms with Crippen molar-refractivity contribution < 1.29 is 4.79 Å². The first kappa shape index (κ1) is 15.3. The van der Waals surface area contributed by atoms with Gasteiger partial charge < -0.3 is 10.6 Å². The SMILES string of the molecule is CC1CC(C)CC(NCC(=O)Nc2ccccc2Cl)C1. The molecule has 1 aromatic rings. The van der Waals surface area contributed by atoms with Gasteiger partial charge in [0.2, 0.25) is 5.91 Å². The second kappa shape index (κ2) is 7.09. The summed E-state index contributed by atoms with van der Waals surface area (Å²) in [5.74, 6) is 1.44. The number of carbonyl (C=O) groups is 1. The van der Waals surface area contributed by atoms with Gasteiger partial charge in [-0.2, -0.15) is 0 Å². The smallest absolute Gasteiger partial charge is 0.238 e. The Labute approximate surface area is 126 Å². The molecule has 1 saturated carbocycles. The van der Waals surface area contributed by atoms with Crippen LogP contribution in [0.4, 0.5) is 5.69 Å². The van der Waals surface area contributed by atoms with Crippen LogP contribution in [-0.4, -0.2) is 18.5 Å². The van der Waals surface area contributed by atoms with Gasteiger partial charge in [0.1, 0.15) is 0 Å². The first-order chi connectivity index (χ1) is 9.54. The second-order valence-electron chi connectivity index (χ2n) is 6.02. The molecule has 0 bridgehead atoms. The maximum absolute atomic E-state index is 11.9. The zero-order valence-electron chi connectivity index (χ0n) is 12.2. The van der Waals surface area contributed by atoms with E-state index in [2.05, 4.69) is 24.5 Å². The van der Waals surface area contributed by atoms with E-state index < -0.39 is 0 Å². The Kier molecular flexibility index (Phi) is 5.44. The molecule has 0 spiro atoms. The monoisotopic (exact) mass is 294 g/mol. The lowest BCUT2D eigenvalue weighted by molar-refractivity contribution is -0.115. The Morgan fingerprint density at radius 1 is 1.20 bits per heavy atom. The number of halogens is 1. The normalized spacial score (nSPS) is 26.2. The molecule has 0 heterocycles. The molecule has 4 heteroatoms. The molecular formula is C16H23ClN2O. The molecule has 0 aliphatic heterocycles. The van der Waals surface area contributed by atoms with Crippen molar-refractivity contribution in [3.05, 3.63) is 29.3 Å². The van der Waals surface area contributed by atoms with Crippen molar-refractivity contribution in [1.29, 1.82) is 0 Å². The van der Waals surface area contributed by atoms with Crippen LogP contribution in [0.5, 0.6) is 0 Å². The van der Waals surface area contributed by atoms with E-state index in [0.29, 0.717) is 23.3 Å².